The first-order valence-corrected chi connectivity index (χ1v) is 7.85. The third kappa shape index (κ3) is 4.18. The molecule has 0 saturated heterocycles. The van der Waals surface area contributed by atoms with Gasteiger partial charge in [-0.15, -0.1) is 0 Å². The van der Waals surface area contributed by atoms with Crippen molar-refractivity contribution in [3.8, 4) is 6.07 Å². The number of ketones is 1. The van der Waals surface area contributed by atoms with Crippen LogP contribution in [0.4, 0.5) is 5.69 Å². The second-order valence-corrected chi connectivity index (χ2v) is 6.10. The van der Waals surface area contributed by atoms with E-state index in [1.54, 1.807) is 30.3 Å². The van der Waals surface area contributed by atoms with Crippen LogP contribution in [0.2, 0.25) is 0 Å². The number of rotatable bonds is 5. The molecule has 25 heavy (non-hydrogen) atoms. The lowest BCUT2D eigenvalue weighted by Gasteiger charge is -2.07. The van der Waals surface area contributed by atoms with Crippen molar-refractivity contribution < 1.29 is 9.72 Å². The number of nitro benzene ring substituents is 1. The standard InChI is InChI=1S/C20H18N2O3/c1-13(2)18-8-7-15(11-19(18)22(24)25)10-17(12-21)20(23)16-6-4-5-14(3)9-16/h4-11,13H,1-3H3/b17-10+. The molecule has 2 aromatic carbocycles. The molecule has 5 heteroatoms. The van der Waals surface area contributed by atoms with Crippen molar-refractivity contribution >= 4 is 17.5 Å². The van der Waals surface area contributed by atoms with Crippen molar-refractivity contribution in [3.63, 3.8) is 0 Å². The number of aryl methyl sites for hydroxylation is 1. The van der Waals surface area contributed by atoms with Crippen LogP contribution in [0.25, 0.3) is 6.08 Å². The maximum Gasteiger partial charge on any atom is 0.273 e. The number of nitro groups is 1. The molecule has 0 amide bonds. The van der Waals surface area contributed by atoms with Crippen LogP contribution in [-0.2, 0) is 0 Å². The van der Waals surface area contributed by atoms with Crippen LogP contribution in [0, 0.1) is 28.4 Å². The van der Waals surface area contributed by atoms with Crippen molar-refractivity contribution in [1.82, 2.24) is 0 Å². The second-order valence-electron chi connectivity index (χ2n) is 6.10. The Morgan fingerprint density at radius 3 is 2.52 bits per heavy atom. The average Bonchev–Trinajstić information content (AvgIpc) is 2.58. The van der Waals surface area contributed by atoms with E-state index >= 15 is 0 Å². The first kappa shape index (κ1) is 18.1. The summed E-state index contributed by atoms with van der Waals surface area (Å²) >= 11 is 0. The first-order valence-electron chi connectivity index (χ1n) is 7.85. The van der Waals surface area contributed by atoms with Gasteiger partial charge in [0.1, 0.15) is 11.6 Å². The molecule has 5 nitrogen and oxygen atoms in total. The zero-order valence-corrected chi connectivity index (χ0v) is 14.3. The van der Waals surface area contributed by atoms with Gasteiger partial charge in [0.2, 0.25) is 5.78 Å². The molecule has 0 saturated carbocycles. The summed E-state index contributed by atoms with van der Waals surface area (Å²) in [4.78, 5) is 23.3. The summed E-state index contributed by atoms with van der Waals surface area (Å²) in [5.74, 6) is -0.399. The monoisotopic (exact) mass is 334 g/mol. The lowest BCUT2D eigenvalue weighted by molar-refractivity contribution is -0.385. The third-order valence-electron chi connectivity index (χ3n) is 3.83. The van der Waals surface area contributed by atoms with Crippen LogP contribution < -0.4 is 0 Å². The summed E-state index contributed by atoms with van der Waals surface area (Å²) in [5, 5.41) is 20.6. The summed E-state index contributed by atoms with van der Waals surface area (Å²) in [7, 11) is 0. The van der Waals surface area contributed by atoms with Crippen molar-refractivity contribution in [3.05, 3.63) is 80.4 Å². The second kappa shape index (κ2) is 7.54. The van der Waals surface area contributed by atoms with Crippen molar-refractivity contribution in [2.45, 2.75) is 26.7 Å². The summed E-state index contributed by atoms with van der Waals surface area (Å²) in [6.45, 7) is 5.61. The van der Waals surface area contributed by atoms with E-state index in [1.165, 1.54) is 12.1 Å². The van der Waals surface area contributed by atoms with Crippen LogP contribution in [0.5, 0.6) is 0 Å². The predicted molar refractivity (Wildman–Crippen MR) is 96.3 cm³/mol. The number of allylic oxidation sites excluding steroid dienone is 1. The van der Waals surface area contributed by atoms with E-state index in [-0.39, 0.29) is 17.2 Å². The highest BCUT2D eigenvalue weighted by molar-refractivity contribution is 6.14. The molecule has 2 rings (SSSR count). The van der Waals surface area contributed by atoms with E-state index in [9.17, 15) is 20.2 Å². The van der Waals surface area contributed by atoms with Crippen molar-refractivity contribution in [2.24, 2.45) is 0 Å². The topological polar surface area (TPSA) is 84.0 Å². The maximum atomic E-state index is 12.5. The van der Waals surface area contributed by atoms with Crippen LogP contribution >= 0.6 is 0 Å². The molecule has 0 spiro atoms. The average molecular weight is 334 g/mol. The Bertz CT molecular complexity index is 905. The van der Waals surface area contributed by atoms with Gasteiger partial charge in [-0.1, -0.05) is 49.7 Å². The number of hydrogen-bond donors (Lipinski definition) is 0. The number of carbonyl (C=O) groups is 1. The van der Waals surface area contributed by atoms with E-state index in [0.717, 1.165) is 5.56 Å². The minimum atomic E-state index is -0.443. The van der Waals surface area contributed by atoms with Gasteiger partial charge >= 0.3 is 0 Å². The molecular formula is C20H18N2O3. The molecule has 0 fully saturated rings. The van der Waals surface area contributed by atoms with Crippen LogP contribution in [0.15, 0.2) is 48.0 Å². The fraction of sp³-hybridized carbons (Fsp3) is 0.200. The van der Waals surface area contributed by atoms with Gasteiger partial charge in [0.25, 0.3) is 5.69 Å². The van der Waals surface area contributed by atoms with Gasteiger partial charge in [-0.3, -0.25) is 14.9 Å². The van der Waals surface area contributed by atoms with Gasteiger partial charge < -0.3 is 0 Å². The molecule has 126 valence electrons. The smallest absolute Gasteiger partial charge is 0.273 e. The fourth-order valence-corrected chi connectivity index (χ4v) is 2.55. The fourth-order valence-electron chi connectivity index (χ4n) is 2.55. The van der Waals surface area contributed by atoms with E-state index in [4.69, 9.17) is 0 Å². The third-order valence-corrected chi connectivity index (χ3v) is 3.83. The molecule has 0 aromatic heterocycles. The number of Topliss-reactive ketones (excluding diaryl/α,β-unsaturated/α-hetero) is 1. The molecule has 0 aliphatic rings. The van der Waals surface area contributed by atoms with E-state index in [1.807, 2.05) is 32.9 Å². The van der Waals surface area contributed by atoms with Gasteiger partial charge in [-0.2, -0.15) is 5.26 Å². The van der Waals surface area contributed by atoms with Gasteiger partial charge in [0.05, 0.1) is 4.92 Å². The number of nitrogens with zero attached hydrogens (tertiary/aromatic N) is 2. The number of benzene rings is 2. The van der Waals surface area contributed by atoms with E-state index in [2.05, 4.69) is 0 Å². The normalized spacial score (nSPS) is 11.2. The zero-order valence-electron chi connectivity index (χ0n) is 14.3. The summed E-state index contributed by atoms with van der Waals surface area (Å²) in [5.41, 5.74) is 2.33. The van der Waals surface area contributed by atoms with Gasteiger partial charge in [0, 0.05) is 17.2 Å². The molecule has 0 radical (unpaired) electrons. The lowest BCUT2D eigenvalue weighted by Crippen LogP contribution is -2.02. The highest BCUT2D eigenvalue weighted by Gasteiger charge is 2.18. The maximum absolute atomic E-state index is 12.5. The van der Waals surface area contributed by atoms with E-state index < -0.39 is 10.7 Å². The largest absolute Gasteiger partial charge is 0.288 e. The number of hydrogen-bond acceptors (Lipinski definition) is 4. The van der Waals surface area contributed by atoms with E-state index in [0.29, 0.717) is 16.7 Å². The van der Waals surface area contributed by atoms with Gasteiger partial charge in [0.15, 0.2) is 0 Å². The highest BCUT2D eigenvalue weighted by Crippen LogP contribution is 2.28. The molecular weight excluding hydrogens is 316 g/mol. The summed E-state index contributed by atoms with van der Waals surface area (Å²) < 4.78 is 0. The minimum absolute atomic E-state index is 0.00259. The molecule has 0 unspecified atom stereocenters. The first-order chi connectivity index (χ1) is 11.8. The Balaban J connectivity index is 2.46. The Hall–Kier alpha value is -3.26. The molecule has 0 N–H and O–H groups in total. The van der Waals surface area contributed by atoms with Crippen LogP contribution in [0.1, 0.15) is 46.8 Å². The van der Waals surface area contributed by atoms with Gasteiger partial charge in [-0.05, 0) is 30.5 Å². The molecule has 0 bridgehead atoms. The SMILES string of the molecule is Cc1cccc(C(=O)/C(C#N)=C/c2ccc(C(C)C)c([N+](=O)[O-])c2)c1. The summed E-state index contributed by atoms with van der Waals surface area (Å²) in [6, 6.07) is 13.6. The Kier molecular flexibility index (Phi) is 5.45. The number of nitriles is 1. The zero-order chi connectivity index (χ0) is 18.6. The minimum Gasteiger partial charge on any atom is -0.288 e. The summed E-state index contributed by atoms with van der Waals surface area (Å²) in [6.07, 6.45) is 1.39. The highest BCUT2D eigenvalue weighted by atomic mass is 16.6. The van der Waals surface area contributed by atoms with Crippen molar-refractivity contribution in [2.75, 3.05) is 0 Å². The molecule has 0 atom stereocenters. The molecule has 2 aromatic rings. The van der Waals surface area contributed by atoms with Crippen LogP contribution in [-0.4, -0.2) is 10.7 Å². The van der Waals surface area contributed by atoms with Gasteiger partial charge in [-0.25, -0.2) is 0 Å². The Morgan fingerprint density at radius 2 is 1.96 bits per heavy atom. The molecule has 0 aliphatic heterocycles. The quantitative estimate of drug-likeness (QED) is 0.258. The lowest BCUT2D eigenvalue weighted by atomic mass is 9.97. The Morgan fingerprint density at radius 1 is 1.24 bits per heavy atom. The predicted octanol–water partition coefficient (Wildman–Crippen LogP) is 4.82. The van der Waals surface area contributed by atoms with Crippen molar-refractivity contribution in [1.29, 1.82) is 5.26 Å². The van der Waals surface area contributed by atoms with Crippen LogP contribution in [0.3, 0.4) is 0 Å². The molecule has 0 aliphatic carbocycles. The Labute approximate surface area is 146 Å². The number of carbonyl (C=O) groups excluding carboxylic acids is 1. The molecule has 0 heterocycles.